The van der Waals surface area contributed by atoms with Gasteiger partial charge in [-0.2, -0.15) is 0 Å². The first-order chi connectivity index (χ1) is 10.2. The smallest absolute Gasteiger partial charge is 0.0639 e. The van der Waals surface area contributed by atoms with Crippen LogP contribution < -0.4 is 4.90 Å². The molecular weight excluding hydrogens is 280 g/mol. The van der Waals surface area contributed by atoms with Crippen LogP contribution in [0, 0.1) is 5.92 Å². The maximum absolute atomic E-state index is 6.29. The first-order valence-corrected chi connectivity index (χ1v) is 8.41. The average Bonchev–Trinajstić information content (AvgIpc) is 2.49. The van der Waals surface area contributed by atoms with E-state index in [9.17, 15) is 0 Å². The van der Waals surface area contributed by atoms with Gasteiger partial charge in [0.25, 0.3) is 0 Å². The maximum Gasteiger partial charge on any atom is 0.0639 e. The van der Waals surface area contributed by atoms with Gasteiger partial charge in [0.1, 0.15) is 0 Å². The molecule has 0 radical (unpaired) electrons. The van der Waals surface area contributed by atoms with Crippen LogP contribution in [0.5, 0.6) is 0 Å². The van der Waals surface area contributed by atoms with Gasteiger partial charge in [0, 0.05) is 32.7 Å². The van der Waals surface area contributed by atoms with Crippen molar-refractivity contribution in [2.45, 2.75) is 26.7 Å². The Morgan fingerprint density at radius 2 is 1.90 bits per heavy atom. The van der Waals surface area contributed by atoms with E-state index in [0.29, 0.717) is 0 Å². The zero-order valence-electron chi connectivity index (χ0n) is 13.3. The molecule has 1 saturated heterocycles. The standard InChI is InChI=1S/C18H27ClN2/c1-3-4-5-8-16(2)15-20-11-13-21(14-12-20)18-10-7-6-9-17(18)19/h3-4,6-7,9-10,16H,5,8,11-15H2,1-2H3/b4-3+. The van der Waals surface area contributed by atoms with Crippen molar-refractivity contribution < 1.29 is 0 Å². The number of hydrogen-bond donors (Lipinski definition) is 0. The van der Waals surface area contributed by atoms with E-state index in [1.165, 1.54) is 25.1 Å². The lowest BCUT2D eigenvalue weighted by Gasteiger charge is -2.37. The minimum Gasteiger partial charge on any atom is -0.368 e. The molecule has 0 aromatic heterocycles. The zero-order valence-corrected chi connectivity index (χ0v) is 14.0. The van der Waals surface area contributed by atoms with E-state index >= 15 is 0 Å². The Labute approximate surface area is 134 Å². The third-order valence-electron chi connectivity index (χ3n) is 4.20. The topological polar surface area (TPSA) is 6.48 Å². The number of piperazine rings is 1. The molecule has 2 rings (SSSR count). The second kappa shape index (κ2) is 8.45. The molecule has 116 valence electrons. The van der Waals surface area contributed by atoms with Crippen LogP contribution in [-0.4, -0.2) is 37.6 Å². The van der Waals surface area contributed by atoms with Crippen LogP contribution in [-0.2, 0) is 0 Å². The Morgan fingerprint density at radius 1 is 1.19 bits per heavy atom. The van der Waals surface area contributed by atoms with E-state index in [0.717, 1.165) is 37.1 Å². The van der Waals surface area contributed by atoms with Gasteiger partial charge in [-0.1, -0.05) is 42.8 Å². The Hall–Kier alpha value is -0.990. The fourth-order valence-electron chi connectivity index (χ4n) is 2.96. The molecule has 0 amide bonds. The lowest BCUT2D eigenvalue weighted by molar-refractivity contribution is 0.220. The Kier molecular flexibility index (Phi) is 6.59. The van der Waals surface area contributed by atoms with Crippen LogP contribution >= 0.6 is 11.6 Å². The summed E-state index contributed by atoms with van der Waals surface area (Å²) < 4.78 is 0. The molecule has 1 unspecified atom stereocenters. The molecule has 3 heteroatoms. The summed E-state index contributed by atoms with van der Waals surface area (Å²) in [4.78, 5) is 5.00. The fourth-order valence-corrected chi connectivity index (χ4v) is 3.21. The van der Waals surface area contributed by atoms with Crippen molar-refractivity contribution in [1.29, 1.82) is 0 Å². The molecule has 1 aromatic rings. The van der Waals surface area contributed by atoms with Crippen molar-refractivity contribution >= 4 is 17.3 Å². The molecule has 0 aliphatic carbocycles. The normalized spacial score (nSPS) is 18.3. The number of anilines is 1. The van der Waals surface area contributed by atoms with Crippen LogP contribution in [0.15, 0.2) is 36.4 Å². The quantitative estimate of drug-likeness (QED) is 0.716. The van der Waals surface area contributed by atoms with Gasteiger partial charge in [0.2, 0.25) is 0 Å². The Balaban J connectivity index is 1.77. The second-order valence-electron chi connectivity index (χ2n) is 5.99. The molecule has 0 spiro atoms. The molecule has 1 heterocycles. The maximum atomic E-state index is 6.29. The van der Waals surface area contributed by atoms with E-state index in [1.54, 1.807) is 0 Å². The van der Waals surface area contributed by atoms with Crippen molar-refractivity contribution in [2.75, 3.05) is 37.6 Å². The SMILES string of the molecule is C/C=C/CCC(C)CN1CCN(c2ccccc2Cl)CC1. The highest BCUT2D eigenvalue weighted by Gasteiger charge is 2.19. The second-order valence-corrected chi connectivity index (χ2v) is 6.40. The number of allylic oxidation sites excluding steroid dienone is 2. The van der Waals surface area contributed by atoms with E-state index < -0.39 is 0 Å². The first kappa shape index (κ1) is 16.4. The molecule has 1 aliphatic heterocycles. The van der Waals surface area contributed by atoms with Gasteiger partial charge in [0.05, 0.1) is 10.7 Å². The van der Waals surface area contributed by atoms with Crippen molar-refractivity contribution in [1.82, 2.24) is 4.90 Å². The van der Waals surface area contributed by atoms with E-state index in [-0.39, 0.29) is 0 Å². The molecular formula is C18H27ClN2. The van der Waals surface area contributed by atoms with Gasteiger partial charge in [0.15, 0.2) is 0 Å². The molecule has 21 heavy (non-hydrogen) atoms. The van der Waals surface area contributed by atoms with Crippen molar-refractivity contribution in [3.63, 3.8) is 0 Å². The molecule has 1 aliphatic rings. The molecule has 1 atom stereocenters. The highest BCUT2D eigenvalue weighted by molar-refractivity contribution is 6.33. The van der Waals surface area contributed by atoms with Crippen molar-refractivity contribution in [3.05, 3.63) is 41.4 Å². The average molecular weight is 307 g/mol. The van der Waals surface area contributed by atoms with Crippen LogP contribution in [0.25, 0.3) is 0 Å². The summed E-state index contributed by atoms with van der Waals surface area (Å²) in [5, 5.41) is 0.866. The predicted molar refractivity (Wildman–Crippen MR) is 93.3 cm³/mol. The van der Waals surface area contributed by atoms with E-state index in [2.05, 4.69) is 47.9 Å². The monoisotopic (exact) mass is 306 g/mol. The van der Waals surface area contributed by atoms with Crippen molar-refractivity contribution in [2.24, 2.45) is 5.92 Å². The Morgan fingerprint density at radius 3 is 2.57 bits per heavy atom. The number of halogens is 1. The predicted octanol–water partition coefficient (Wildman–Crippen LogP) is 4.45. The van der Waals surface area contributed by atoms with Gasteiger partial charge in [-0.05, 0) is 37.8 Å². The van der Waals surface area contributed by atoms with Gasteiger partial charge in [-0.15, -0.1) is 0 Å². The third kappa shape index (κ3) is 5.05. The zero-order chi connectivity index (χ0) is 15.1. The van der Waals surface area contributed by atoms with Crippen LogP contribution in [0.2, 0.25) is 5.02 Å². The summed E-state index contributed by atoms with van der Waals surface area (Å²) in [6.07, 6.45) is 6.91. The third-order valence-corrected chi connectivity index (χ3v) is 4.52. The highest BCUT2D eigenvalue weighted by atomic mass is 35.5. The van der Waals surface area contributed by atoms with Gasteiger partial charge >= 0.3 is 0 Å². The minimum absolute atomic E-state index is 0.771. The first-order valence-electron chi connectivity index (χ1n) is 8.03. The molecule has 1 aromatic carbocycles. The summed E-state index contributed by atoms with van der Waals surface area (Å²) in [7, 11) is 0. The van der Waals surface area contributed by atoms with E-state index in [4.69, 9.17) is 11.6 Å². The number of para-hydroxylation sites is 1. The lowest BCUT2D eigenvalue weighted by atomic mass is 10.0. The minimum atomic E-state index is 0.771. The summed E-state index contributed by atoms with van der Waals surface area (Å²) in [5.74, 6) is 0.771. The molecule has 0 bridgehead atoms. The largest absolute Gasteiger partial charge is 0.368 e. The van der Waals surface area contributed by atoms with Crippen LogP contribution in [0.4, 0.5) is 5.69 Å². The molecule has 0 saturated carbocycles. The van der Waals surface area contributed by atoms with Crippen LogP contribution in [0.3, 0.4) is 0 Å². The van der Waals surface area contributed by atoms with Crippen molar-refractivity contribution in [3.8, 4) is 0 Å². The van der Waals surface area contributed by atoms with Gasteiger partial charge in [-0.3, -0.25) is 4.90 Å². The summed E-state index contributed by atoms with van der Waals surface area (Å²) in [5.41, 5.74) is 1.18. The number of benzene rings is 1. The highest BCUT2D eigenvalue weighted by Crippen LogP contribution is 2.26. The Bertz CT molecular complexity index is 450. The summed E-state index contributed by atoms with van der Waals surface area (Å²) >= 11 is 6.29. The fraction of sp³-hybridized carbons (Fsp3) is 0.556. The molecule has 2 nitrogen and oxygen atoms in total. The van der Waals surface area contributed by atoms with Crippen LogP contribution in [0.1, 0.15) is 26.7 Å². The van der Waals surface area contributed by atoms with Gasteiger partial charge < -0.3 is 4.90 Å². The lowest BCUT2D eigenvalue weighted by Crippen LogP contribution is -2.47. The summed E-state index contributed by atoms with van der Waals surface area (Å²) in [6, 6.07) is 8.16. The number of nitrogens with zero attached hydrogens (tertiary/aromatic N) is 2. The number of rotatable bonds is 6. The molecule has 1 fully saturated rings. The summed E-state index contributed by atoms with van der Waals surface area (Å²) in [6.45, 7) is 10.1. The number of hydrogen-bond acceptors (Lipinski definition) is 2. The molecule has 0 N–H and O–H groups in total. The van der Waals surface area contributed by atoms with E-state index in [1.807, 2.05) is 12.1 Å². The van der Waals surface area contributed by atoms with Gasteiger partial charge in [-0.25, -0.2) is 0 Å².